The molecular weight excluding hydrogens is 337 g/mol. The summed E-state index contributed by atoms with van der Waals surface area (Å²) in [5.41, 5.74) is 0.00556. The van der Waals surface area contributed by atoms with Gasteiger partial charge in [-0.3, -0.25) is 9.59 Å². The third kappa shape index (κ3) is 4.18. The summed E-state index contributed by atoms with van der Waals surface area (Å²) in [5.74, 6) is -0.619. The summed E-state index contributed by atoms with van der Waals surface area (Å²) in [5, 5.41) is 2.89. The van der Waals surface area contributed by atoms with E-state index >= 15 is 0 Å². The molecule has 4 nitrogen and oxygen atoms in total. The molecule has 1 aliphatic carbocycles. The highest BCUT2D eigenvalue weighted by Crippen LogP contribution is 2.63. The zero-order valence-corrected chi connectivity index (χ0v) is 14.9. The zero-order valence-electron chi connectivity index (χ0n) is 13.4. The maximum Gasteiger partial charge on any atom is 0.308 e. The summed E-state index contributed by atoms with van der Waals surface area (Å²) in [7, 11) is 0. The summed E-state index contributed by atoms with van der Waals surface area (Å²) in [4.78, 5) is 24.5. The van der Waals surface area contributed by atoms with E-state index in [0.29, 0.717) is 6.42 Å². The number of alkyl halides is 2. The first kappa shape index (κ1) is 18.1. The summed E-state index contributed by atoms with van der Waals surface area (Å²) in [6.45, 7) is 5.29. The molecule has 2 atom stereocenters. The lowest BCUT2D eigenvalue weighted by molar-refractivity contribution is -0.148. The van der Waals surface area contributed by atoms with E-state index in [9.17, 15) is 9.59 Å². The Morgan fingerprint density at radius 2 is 1.83 bits per heavy atom. The molecule has 1 aromatic rings. The highest BCUT2D eigenvalue weighted by atomic mass is 35.5. The van der Waals surface area contributed by atoms with Gasteiger partial charge in [-0.2, -0.15) is 0 Å². The average molecular weight is 358 g/mol. The molecule has 0 saturated heterocycles. The SMILES string of the molecule is CC(C)OC(=O)CC(NC(=O)C1(C)CC1(Cl)Cl)c1ccccc1. The van der Waals surface area contributed by atoms with Crippen molar-refractivity contribution >= 4 is 35.1 Å². The second kappa shape index (κ2) is 6.70. The second-order valence-corrected chi connectivity index (χ2v) is 7.88. The summed E-state index contributed by atoms with van der Waals surface area (Å²) in [6.07, 6.45) is 0.253. The Hall–Kier alpha value is -1.26. The van der Waals surface area contributed by atoms with Gasteiger partial charge in [-0.05, 0) is 32.8 Å². The quantitative estimate of drug-likeness (QED) is 0.622. The van der Waals surface area contributed by atoms with E-state index in [0.717, 1.165) is 5.56 Å². The fraction of sp³-hybridized carbons (Fsp3) is 0.529. The van der Waals surface area contributed by atoms with E-state index in [2.05, 4.69) is 5.32 Å². The van der Waals surface area contributed by atoms with Crippen LogP contribution in [0.3, 0.4) is 0 Å². The molecule has 0 radical (unpaired) electrons. The van der Waals surface area contributed by atoms with E-state index < -0.39 is 15.8 Å². The highest BCUT2D eigenvalue weighted by molar-refractivity contribution is 6.53. The largest absolute Gasteiger partial charge is 0.463 e. The Balaban J connectivity index is 2.11. The first-order valence-corrected chi connectivity index (χ1v) is 8.34. The maximum absolute atomic E-state index is 12.5. The number of halogens is 2. The van der Waals surface area contributed by atoms with Gasteiger partial charge in [-0.25, -0.2) is 0 Å². The summed E-state index contributed by atoms with van der Waals surface area (Å²) < 4.78 is 4.14. The first-order chi connectivity index (χ1) is 10.7. The van der Waals surface area contributed by atoms with Crippen LogP contribution in [0.1, 0.15) is 45.2 Å². The van der Waals surface area contributed by atoms with Crippen LogP contribution in [-0.2, 0) is 14.3 Å². The van der Waals surface area contributed by atoms with E-state index in [-0.39, 0.29) is 24.4 Å². The van der Waals surface area contributed by atoms with Gasteiger partial charge in [0.2, 0.25) is 5.91 Å². The molecule has 1 aromatic carbocycles. The molecule has 0 spiro atoms. The van der Waals surface area contributed by atoms with Gasteiger partial charge >= 0.3 is 5.97 Å². The molecule has 0 bridgehead atoms. The number of ether oxygens (including phenoxy) is 1. The summed E-state index contributed by atoms with van der Waals surface area (Å²) >= 11 is 12.1. The molecule has 1 amide bonds. The van der Waals surface area contributed by atoms with Crippen molar-refractivity contribution in [3.05, 3.63) is 35.9 Å². The fourth-order valence-electron chi connectivity index (χ4n) is 2.38. The van der Waals surface area contributed by atoms with Crippen molar-refractivity contribution < 1.29 is 14.3 Å². The molecule has 1 fully saturated rings. The molecule has 23 heavy (non-hydrogen) atoms. The smallest absolute Gasteiger partial charge is 0.308 e. The van der Waals surface area contributed by atoms with Crippen LogP contribution in [0.25, 0.3) is 0 Å². The first-order valence-electron chi connectivity index (χ1n) is 7.59. The standard InChI is InChI=1S/C17H21Cl2NO3/c1-11(2)23-14(21)9-13(12-7-5-4-6-8-12)20-15(22)16(3)10-17(16,18)19/h4-8,11,13H,9-10H2,1-3H3,(H,20,22). The van der Waals surface area contributed by atoms with Gasteiger partial charge in [-0.15, -0.1) is 23.2 Å². The minimum absolute atomic E-state index is 0.0571. The molecule has 126 valence electrons. The van der Waals surface area contributed by atoms with Crippen LogP contribution in [-0.4, -0.2) is 22.3 Å². The number of benzene rings is 1. The minimum Gasteiger partial charge on any atom is -0.463 e. The molecular formula is C17H21Cl2NO3. The zero-order chi connectivity index (χ0) is 17.3. The van der Waals surface area contributed by atoms with Crippen LogP contribution in [0.5, 0.6) is 0 Å². The van der Waals surface area contributed by atoms with Gasteiger partial charge in [0, 0.05) is 0 Å². The maximum atomic E-state index is 12.5. The molecule has 2 rings (SSSR count). The van der Waals surface area contributed by atoms with E-state index in [1.807, 2.05) is 30.3 Å². The molecule has 1 N–H and O–H groups in total. The lowest BCUT2D eigenvalue weighted by Gasteiger charge is -2.22. The molecule has 0 heterocycles. The molecule has 1 saturated carbocycles. The number of carbonyl (C=O) groups excluding carboxylic acids is 2. The Morgan fingerprint density at radius 1 is 1.26 bits per heavy atom. The van der Waals surface area contributed by atoms with E-state index in [1.54, 1.807) is 20.8 Å². The molecule has 1 aliphatic rings. The third-order valence-electron chi connectivity index (χ3n) is 4.00. The van der Waals surface area contributed by atoms with Crippen molar-refractivity contribution in [1.29, 1.82) is 0 Å². The van der Waals surface area contributed by atoms with Crippen LogP contribution >= 0.6 is 23.2 Å². The number of hydrogen-bond acceptors (Lipinski definition) is 3. The van der Waals surface area contributed by atoms with Crippen molar-refractivity contribution in [2.45, 2.75) is 50.1 Å². The minimum atomic E-state index is -1.04. The van der Waals surface area contributed by atoms with E-state index in [1.165, 1.54) is 0 Å². The van der Waals surface area contributed by atoms with Crippen molar-refractivity contribution in [3.63, 3.8) is 0 Å². The van der Waals surface area contributed by atoms with Crippen molar-refractivity contribution in [2.75, 3.05) is 0 Å². The van der Waals surface area contributed by atoms with Gasteiger partial charge in [0.1, 0.15) is 4.33 Å². The van der Waals surface area contributed by atoms with Crippen LogP contribution in [0.4, 0.5) is 0 Å². The van der Waals surface area contributed by atoms with Gasteiger partial charge in [0.15, 0.2) is 0 Å². The Labute approximate surface area is 146 Å². The average Bonchev–Trinajstić information content (AvgIpc) is 2.98. The van der Waals surface area contributed by atoms with Crippen molar-refractivity contribution in [1.82, 2.24) is 5.32 Å². The Kier molecular flexibility index (Phi) is 5.27. The lowest BCUT2D eigenvalue weighted by atomic mass is 10.0. The molecule has 0 aromatic heterocycles. The van der Waals surface area contributed by atoms with Gasteiger partial charge in [0.25, 0.3) is 0 Å². The number of hydrogen-bond donors (Lipinski definition) is 1. The Bertz CT molecular complexity index is 589. The fourth-order valence-corrected chi connectivity index (χ4v) is 3.09. The highest BCUT2D eigenvalue weighted by Gasteiger charge is 2.68. The van der Waals surface area contributed by atoms with Crippen molar-refractivity contribution in [2.24, 2.45) is 5.41 Å². The second-order valence-electron chi connectivity index (χ2n) is 6.39. The predicted octanol–water partition coefficient (Wildman–Crippen LogP) is 3.77. The predicted molar refractivity (Wildman–Crippen MR) is 90.3 cm³/mol. The normalized spacial score (nSPS) is 23.2. The topological polar surface area (TPSA) is 55.4 Å². The third-order valence-corrected chi connectivity index (χ3v) is 5.11. The number of esters is 1. The molecule has 6 heteroatoms. The van der Waals surface area contributed by atoms with Crippen LogP contribution in [0.15, 0.2) is 30.3 Å². The van der Waals surface area contributed by atoms with Gasteiger partial charge < -0.3 is 10.1 Å². The lowest BCUT2D eigenvalue weighted by Crippen LogP contribution is -2.37. The monoisotopic (exact) mass is 357 g/mol. The number of rotatable bonds is 6. The van der Waals surface area contributed by atoms with Gasteiger partial charge in [-0.1, -0.05) is 30.3 Å². The molecule has 0 aliphatic heterocycles. The van der Waals surface area contributed by atoms with Crippen LogP contribution in [0, 0.1) is 5.41 Å². The Morgan fingerprint density at radius 3 is 2.30 bits per heavy atom. The molecule has 2 unspecified atom stereocenters. The van der Waals surface area contributed by atoms with Gasteiger partial charge in [0.05, 0.1) is 24.0 Å². The van der Waals surface area contributed by atoms with Crippen LogP contribution < -0.4 is 5.32 Å². The van der Waals surface area contributed by atoms with Crippen LogP contribution in [0.2, 0.25) is 0 Å². The summed E-state index contributed by atoms with van der Waals surface area (Å²) in [6, 6.07) is 8.83. The van der Waals surface area contributed by atoms with Crippen molar-refractivity contribution in [3.8, 4) is 0 Å². The number of carbonyl (C=O) groups is 2. The van der Waals surface area contributed by atoms with E-state index in [4.69, 9.17) is 27.9 Å². The number of nitrogens with one attached hydrogen (secondary N) is 1. The number of amides is 1.